The largest absolute Gasteiger partial charge is 0.354 e. The van der Waals surface area contributed by atoms with Gasteiger partial charge in [-0.25, -0.2) is 0 Å². The Morgan fingerprint density at radius 2 is 2.45 bits per heavy atom. The summed E-state index contributed by atoms with van der Waals surface area (Å²) in [6, 6.07) is 0.317. The Balaban J connectivity index is 2.32. The van der Waals surface area contributed by atoms with Gasteiger partial charge in [0.2, 0.25) is 0 Å². The molecule has 0 aromatic carbocycles. The first kappa shape index (κ1) is 7.98. The second-order valence-electron chi connectivity index (χ2n) is 2.69. The van der Waals surface area contributed by atoms with E-state index in [4.69, 9.17) is 0 Å². The van der Waals surface area contributed by atoms with Crippen LogP contribution in [0, 0.1) is 0 Å². The third-order valence-corrected chi connectivity index (χ3v) is 1.64. The topological polar surface area (TPSA) is 32.7 Å². The molecule has 0 radical (unpaired) electrons. The van der Waals surface area contributed by atoms with Gasteiger partial charge in [0.1, 0.15) is 11.9 Å². The van der Waals surface area contributed by atoms with Crippen molar-refractivity contribution in [3.05, 3.63) is 12.7 Å². The highest BCUT2D eigenvalue weighted by atomic mass is 16.1. The molecule has 0 bridgehead atoms. The van der Waals surface area contributed by atoms with Crippen LogP contribution in [0.25, 0.3) is 0 Å². The molecule has 0 spiro atoms. The molecule has 60 valence electrons. The van der Waals surface area contributed by atoms with Gasteiger partial charge in [0.25, 0.3) is 0 Å². The highest BCUT2D eigenvalue weighted by Crippen LogP contribution is 2.12. The number of ketones is 1. The standard InChI is InChI=1S/C8H12N2O/c1-4-7(11)5-10(3)8-6(2)9-8/h4,6H,1,5H2,2-3H3. The van der Waals surface area contributed by atoms with Crippen LogP contribution in [-0.2, 0) is 4.79 Å². The Kier molecular flexibility index (Phi) is 2.08. The van der Waals surface area contributed by atoms with Gasteiger partial charge in [-0.1, -0.05) is 6.58 Å². The number of carbonyl (C=O) groups is 1. The van der Waals surface area contributed by atoms with Crippen molar-refractivity contribution in [2.24, 2.45) is 4.99 Å². The second-order valence-corrected chi connectivity index (χ2v) is 2.69. The Hall–Kier alpha value is -1.12. The van der Waals surface area contributed by atoms with E-state index in [2.05, 4.69) is 11.6 Å². The Morgan fingerprint density at radius 3 is 2.82 bits per heavy atom. The van der Waals surface area contributed by atoms with Gasteiger partial charge in [-0.2, -0.15) is 0 Å². The molecule has 1 rings (SSSR count). The SMILES string of the molecule is C=CC(=O)CN(C)C1=NC1C. The van der Waals surface area contributed by atoms with E-state index in [9.17, 15) is 4.79 Å². The molecule has 0 fully saturated rings. The number of carbonyl (C=O) groups excluding carboxylic acids is 1. The van der Waals surface area contributed by atoms with Crippen LogP contribution in [0.1, 0.15) is 6.92 Å². The summed E-state index contributed by atoms with van der Waals surface area (Å²) in [5.74, 6) is 1.05. The number of hydrogen-bond donors (Lipinski definition) is 0. The van der Waals surface area contributed by atoms with Gasteiger partial charge in [0.05, 0.1) is 6.54 Å². The number of nitrogens with zero attached hydrogens (tertiary/aromatic N) is 2. The molecule has 0 aliphatic carbocycles. The summed E-state index contributed by atoms with van der Waals surface area (Å²) in [7, 11) is 1.86. The van der Waals surface area contributed by atoms with E-state index < -0.39 is 0 Å². The van der Waals surface area contributed by atoms with Gasteiger partial charge in [-0.05, 0) is 13.0 Å². The summed E-state index contributed by atoms with van der Waals surface area (Å²) < 4.78 is 0. The summed E-state index contributed by atoms with van der Waals surface area (Å²) in [5, 5.41) is 0. The Morgan fingerprint density at radius 1 is 1.91 bits per heavy atom. The zero-order chi connectivity index (χ0) is 8.43. The zero-order valence-corrected chi connectivity index (χ0v) is 6.87. The lowest BCUT2D eigenvalue weighted by Gasteiger charge is -2.10. The van der Waals surface area contributed by atoms with Crippen LogP contribution in [0.2, 0.25) is 0 Å². The predicted molar refractivity (Wildman–Crippen MR) is 44.7 cm³/mol. The van der Waals surface area contributed by atoms with E-state index >= 15 is 0 Å². The van der Waals surface area contributed by atoms with Crippen molar-refractivity contribution < 1.29 is 4.79 Å². The van der Waals surface area contributed by atoms with E-state index in [0.29, 0.717) is 12.6 Å². The van der Waals surface area contributed by atoms with Crippen molar-refractivity contribution in [2.75, 3.05) is 13.6 Å². The molecule has 0 saturated carbocycles. The van der Waals surface area contributed by atoms with Crippen molar-refractivity contribution in [3.63, 3.8) is 0 Å². The third-order valence-electron chi connectivity index (χ3n) is 1.64. The highest BCUT2D eigenvalue weighted by Gasteiger charge is 2.26. The normalized spacial score (nSPS) is 20.5. The quantitative estimate of drug-likeness (QED) is 0.551. The molecule has 3 heteroatoms. The fourth-order valence-electron chi connectivity index (χ4n) is 0.958. The molecule has 1 heterocycles. The molecular formula is C8H12N2O. The van der Waals surface area contributed by atoms with Crippen molar-refractivity contribution in [1.82, 2.24) is 4.90 Å². The van der Waals surface area contributed by atoms with Gasteiger partial charge >= 0.3 is 0 Å². The van der Waals surface area contributed by atoms with Gasteiger partial charge in [-0.3, -0.25) is 9.79 Å². The van der Waals surface area contributed by atoms with Crippen LogP contribution in [0.4, 0.5) is 0 Å². The maximum Gasteiger partial charge on any atom is 0.174 e. The number of amidine groups is 1. The minimum absolute atomic E-state index is 0.0364. The van der Waals surface area contributed by atoms with Crippen molar-refractivity contribution in [2.45, 2.75) is 13.0 Å². The van der Waals surface area contributed by atoms with E-state index in [-0.39, 0.29) is 5.78 Å². The molecule has 0 N–H and O–H groups in total. The van der Waals surface area contributed by atoms with Gasteiger partial charge < -0.3 is 4.90 Å². The van der Waals surface area contributed by atoms with Crippen molar-refractivity contribution in [1.29, 1.82) is 0 Å². The van der Waals surface area contributed by atoms with Crippen molar-refractivity contribution in [3.8, 4) is 0 Å². The number of rotatable bonds is 3. The van der Waals surface area contributed by atoms with Gasteiger partial charge in [0.15, 0.2) is 5.78 Å². The van der Waals surface area contributed by atoms with Crippen LogP contribution >= 0.6 is 0 Å². The molecule has 0 saturated heterocycles. The van der Waals surface area contributed by atoms with Crippen LogP contribution in [0.5, 0.6) is 0 Å². The molecule has 3 nitrogen and oxygen atoms in total. The average Bonchev–Trinajstić information content (AvgIpc) is 2.66. The van der Waals surface area contributed by atoms with Crippen LogP contribution in [0.3, 0.4) is 0 Å². The van der Waals surface area contributed by atoms with Gasteiger partial charge in [-0.15, -0.1) is 0 Å². The summed E-state index contributed by atoms with van der Waals surface area (Å²) in [6.07, 6.45) is 1.34. The summed E-state index contributed by atoms with van der Waals surface area (Å²) >= 11 is 0. The molecule has 1 aliphatic rings. The average molecular weight is 152 g/mol. The molecule has 0 amide bonds. The predicted octanol–water partition coefficient (Wildman–Crippen LogP) is 0.474. The second kappa shape index (κ2) is 2.86. The Bertz CT molecular complexity index is 220. The molecule has 0 aromatic heterocycles. The maximum absolute atomic E-state index is 10.8. The fourth-order valence-corrected chi connectivity index (χ4v) is 0.958. The van der Waals surface area contributed by atoms with Crippen LogP contribution in [0.15, 0.2) is 17.6 Å². The van der Waals surface area contributed by atoms with E-state index in [0.717, 1.165) is 5.84 Å². The summed E-state index contributed by atoms with van der Waals surface area (Å²) in [6.45, 7) is 5.80. The fraction of sp³-hybridized carbons (Fsp3) is 0.500. The third kappa shape index (κ3) is 1.90. The smallest absolute Gasteiger partial charge is 0.174 e. The monoisotopic (exact) mass is 152 g/mol. The highest BCUT2D eigenvalue weighted by molar-refractivity contribution is 6.01. The van der Waals surface area contributed by atoms with Crippen molar-refractivity contribution >= 4 is 11.6 Å². The first-order chi connectivity index (χ1) is 5.15. The van der Waals surface area contributed by atoms with E-state index in [1.807, 2.05) is 18.9 Å². The molecule has 1 aliphatic heterocycles. The van der Waals surface area contributed by atoms with Gasteiger partial charge in [0, 0.05) is 7.05 Å². The summed E-state index contributed by atoms with van der Waals surface area (Å²) in [5.41, 5.74) is 0. The molecular weight excluding hydrogens is 140 g/mol. The lowest BCUT2D eigenvalue weighted by atomic mass is 10.3. The first-order valence-electron chi connectivity index (χ1n) is 3.59. The van der Waals surface area contributed by atoms with Crippen LogP contribution < -0.4 is 0 Å². The van der Waals surface area contributed by atoms with E-state index in [1.165, 1.54) is 6.08 Å². The minimum atomic E-state index is 0.0364. The molecule has 1 atom stereocenters. The van der Waals surface area contributed by atoms with Crippen LogP contribution in [-0.4, -0.2) is 36.2 Å². The first-order valence-corrected chi connectivity index (χ1v) is 3.59. The number of hydrogen-bond acceptors (Lipinski definition) is 3. The lowest BCUT2D eigenvalue weighted by Crippen LogP contribution is -2.28. The maximum atomic E-state index is 10.8. The molecule has 11 heavy (non-hydrogen) atoms. The zero-order valence-electron chi connectivity index (χ0n) is 6.87. The van der Waals surface area contributed by atoms with E-state index in [1.54, 1.807) is 0 Å². The Labute approximate surface area is 66.4 Å². The molecule has 1 unspecified atom stereocenters. The number of likely N-dealkylation sites (N-methyl/N-ethyl adjacent to an activating group) is 1. The number of aliphatic imine (C=N–C) groups is 1. The summed E-state index contributed by atoms with van der Waals surface area (Å²) in [4.78, 5) is 16.8. The lowest BCUT2D eigenvalue weighted by molar-refractivity contribution is -0.114. The minimum Gasteiger partial charge on any atom is -0.354 e. The molecule has 0 aromatic rings.